The van der Waals surface area contributed by atoms with Crippen LogP contribution in [0.2, 0.25) is 0 Å². The molecule has 0 aliphatic heterocycles. The molecule has 0 saturated carbocycles. The summed E-state index contributed by atoms with van der Waals surface area (Å²) >= 11 is 0. The molecular formula is C19H16N4O3. The second-order valence-corrected chi connectivity index (χ2v) is 5.37. The Labute approximate surface area is 150 Å². The number of rotatable bonds is 6. The Hall–Kier alpha value is -3.74. The molecule has 0 amide bonds. The number of nitro groups is 1. The van der Waals surface area contributed by atoms with Gasteiger partial charge < -0.3 is 10.1 Å². The maximum atomic E-state index is 10.6. The van der Waals surface area contributed by atoms with Gasteiger partial charge in [0.05, 0.1) is 23.4 Å². The van der Waals surface area contributed by atoms with Crippen LogP contribution in [0.3, 0.4) is 0 Å². The highest BCUT2D eigenvalue weighted by atomic mass is 16.6. The van der Waals surface area contributed by atoms with Crippen LogP contribution in [-0.2, 0) is 0 Å². The van der Waals surface area contributed by atoms with E-state index in [9.17, 15) is 10.1 Å². The minimum absolute atomic E-state index is 0.0258. The summed E-state index contributed by atoms with van der Waals surface area (Å²) in [6.45, 7) is 0. The van der Waals surface area contributed by atoms with Crippen LogP contribution in [0.15, 0.2) is 83.0 Å². The second kappa shape index (κ2) is 7.89. The molecule has 0 saturated heterocycles. The quantitative estimate of drug-likeness (QED) is 0.348. The highest BCUT2D eigenvalue weighted by Crippen LogP contribution is 2.24. The van der Waals surface area contributed by atoms with Crippen molar-refractivity contribution in [3.05, 3.63) is 82.9 Å². The molecule has 3 rings (SSSR count). The minimum Gasteiger partial charge on any atom is -0.497 e. The fraction of sp³-hybridized carbons (Fsp3) is 0.0526. The number of hydrogen-bond donors (Lipinski definition) is 1. The normalized spacial score (nSPS) is 10.7. The lowest BCUT2D eigenvalue weighted by Crippen LogP contribution is -1.89. The van der Waals surface area contributed by atoms with E-state index < -0.39 is 4.92 Å². The molecule has 0 radical (unpaired) electrons. The number of hydrogen-bond acceptors (Lipinski definition) is 6. The van der Waals surface area contributed by atoms with Crippen molar-refractivity contribution in [3.63, 3.8) is 0 Å². The molecule has 0 atom stereocenters. The lowest BCUT2D eigenvalue weighted by atomic mass is 10.2. The van der Waals surface area contributed by atoms with E-state index in [1.165, 1.54) is 12.1 Å². The van der Waals surface area contributed by atoms with Crippen molar-refractivity contribution in [2.75, 3.05) is 12.4 Å². The van der Waals surface area contributed by atoms with Crippen molar-refractivity contribution in [1.82, 2.24) is 0 Å². The van der Waals surface area contributed by atoms with Crippen molar-refractivity contribution >= 4 is 28.4 Å². The summed E-state index contributed by atoms with van der Waals surface area (Å²) in [6, 6.07) is 21.0. The third-order valence-corrected chi connectivity index (χ3v) is 3.59. The molecule has 0 aromatic heterocycles. The molecule has 130 valence electrons. The first-order valence-electron chi connectivity index (χ1n) is 7.81. The Morgan fingerprint density at radius 2 is 1.27 bits per heavy atom. The second-order valence-electron chi connectivity index (χ2n) is 5.37. The Balaban J connectivity index is 1.64. The summed E-state index contributed by atoms with van der Waals surface area (Å²) in [5, 5.41) is 22.1. The summed E-state index contributed by atoms with van der Waals surface area (Å²) in [5.74, 6) is 0.803. The molecule has 3 aromatic carbocycles. The first-order chi connectivity index (χ1) is 12.6. The molecule has 0 fully saturated rings. The summed E-state index contributed by atoms with van der Waals surface area (Å²) in [7, 11) is 1.63. The fourth-order valence-electron chi connectivity index (χ4n) is 2.21. The van der Waals surface area contributed by atoms with Crippen molar-refractivity contribution < 1.29 is 9.66 Å². The van der Waals surface area contributed by atoms with E-state index in [0.29, 0.717) is 11.4 Å². The standard InChI is InChI=1S/C19H16N4O3/c1-26-19-12-8-15(9-13-19)20-14-2-4-16(5-3-14)21-22-17-6-10-18(11-7-17)23(24)25/h2-13,20H,1H3. The van der Waals surface area contributed by atoms with Gasteiger partial charge in [0.25, 0.3) is 5.69 Å². The van der Waals surface area contributed by atoms with Crippen LogP contribution in [0.4, 0.5) is 28.4 Å². The average molecular weight is 348 g/mol. The van der Waals surface area contributed by atoms with Gasteiger partial charge in [0, 0.05) is 23.5 Å². The Kier molecular flexibility index (Phi) is 5.19. The van der Waals surface area contributed by atoms with Crippen LogP contribution in [0, 0.1) is 10.1 Å². The number of methoxy groups -OCH3 is 1. The highest BCUT2D eigenvalue weighted by molar-refractivity contribution is 5.62. The molecule has 0 aliphatic rings. The van der Waals surface area contributed by atoms with Gasteiger partial charge in [0.1, 0.15) is 5.75 Å². The third kappa shape index (κ3) is 4.41. The number of ether oxygens (including phenoxy) is 1. The van der Waals surface area contributed by atoms with Gasteiger partial charge in [-0.1, -0.05) is 0 Å². The van der Waals surface area contributed by atoms with Gasteiger partial charge in [-0.2, -0.15) is 10.2 Å². The first-order valence-corrected chi connectivity index (χ1v) is 7.81. The van der Waals surface area contributed by atoms with E-state index in [4.69, 9.17) is 4.74 Å². The zero-order chi connectivity index (χ0) is 18.4. The molecule has 3 aromatic rings. The topological polar surface area (TPSA) is 89.1 Å². The molecule has 1 N–H and O–H groups in total. The van der Waals surface area contributed by atoms with Crippen LogP contribution >= 0.6 is 0 Å². The van der Waals surface area contributed by atoms with Crippen LogP contribution in [0.1, 0.15) is 0 Å². The molecule has 0 unspecified atom stereocenters. The lowest BCUT2D eigenvalue weighted by Gasteiger charge is -2.07. The van der Waals surface area contributed by atoms with Crippen LogP contribution in [0.25, 0.3) is 0 Å². The fourth-order valence-corrected chi connectivity index (χ4v) is 2.21. The van der Waals surface area contributed by atoms with Gasteiger partial charge in [-0.05, 0) is 60.7 Å². The predicted octanol–water partition coefficient (Wildman–Crippen LogP) is 5.76. The number of azo groups is 1. The van der Waals surface area contributed by atoms with E-state index in [-0.39, 0.29) is 5.69 Å². The first kappa shape index (κ1) is 17.1. The summed E-state index contributed by atoms with van der Waals surface area (Å²) < 4.78 is 5.13. The number of nitrogens with one attached hydrogen (secondary N) is 1. The summed E-state index contributed by atoms with van der Waals surface area (Å²) in [6.07, 6.45) is 0. The number of nitrogens with zero attached hydrogens (tertiary/aromatic N) is 3. The summed E-state index contributed by atoms with van der Waals surface area (Å²) in [4.78, 5) is 10.2. The van der Waals surface area contributed by atoms with Crippen LogP contribution < -0.4 is 10.1 Å². The van der Waals surface area contributed by atoms with Crippen molar-refractivity contribution in [3.8, 4) is 5.75 Å². The monoisotopic (exact) mass is 348 g/mol. The van der Waals surface area contributed by atoms with Crippen molar-refractivity contribution in [2.45, 2.75) is 0 Å². The molecule has 7 heteroatoms. The molecule has 7 nitrogen and oxygen atoms in total. The average Bonchev–Trinajstić information content (AvgIpc) is 2.68. The third-order valence-electron chi connectivity index (χ3n) is 3.59. The van der Waals surface area contributed by atoms with Gasteiger partial charge in [0.2, 0.25) is 0 Å². The zero-order valence-corrected chi connectivity index (χ0v) is 14.0. The molecule has 26 heavy (non-hydrogen) atoms. The summed E-state index contributed by atoms with van der Waals surface area (Å²) in [5.41, 5.74) is 3.13. The maximum Gasteiger partial charge on any atom is 0.269 e. The van der Waals surface area contributed by atoms with E-state index in [2.05, 4.69) is 15.5 Å². The Morgan fingerprint density at radius 3 is 1.73 bits per heavy atom. The smallest absolute Gasteiger partial charge is 0.269 e. The molecular weight excluding hydrogens is 332 g/mol. The van der Waals surface area contributed by atoms with Gasteiger partial charge in [0.15, 0.2) is 0 Å². The Bertz CT molecular complexity index is 905. The SMILES string of the molecule is COc1ccc(Nc2ccc(N=Nc3ccc([N+](=O)[O-])cc3)cc2)cc1. The van der Waals surface area contributed by atoms with E-state index in [0.717, 1.165) is 17.1 Å². The maximum absolute atomic E-state index is 10.6. The van der Waals surface area contributed by atoms with Gasteiger partial charge >= 0.3 is 0 Å². The largest absolute Gasteiger partial charge is 0.497 e. The molecule has 0 bridgehead atoms. The number of benzene rings is 3. The molecule has 0 aliphatic carbocycles. The zero-order valence-electron chi connectivity index (χ0n) is 14.0. The van der Waals surface area contributed by atoms with Crippen molar-refractivity contribution in [1.29, 1.82) is 0 Å². The van der Waals surface area contributed by atoms with E-state index >= 15 is 0 Å². The number of non-ortho nitro benzene ring substituents is 1. The van der Waals surface area contributed by atoms with Gasteiger partial charge in [-0.25, -0.2) is 0 Å². The lowest BCUT2D eigenvalue weighted by molar-refractivity contribution is -0.384. The van der Waals surface area contributed by atoms with E-state index in [1.807, 2.05) is 48.5 Å². The number of anilines is 2. The van der Waals surface area contributed by atoms with E-state index in [1.54, 1.807) is 19.2 Å². The van der Waals surface area contributed by atoms with Crippen molar-refractivity contribution in [2.24, 2.45) is 10.2 Å². The molecule has 0 heterocycles. The van der Waals surface area contributed by atoms with Crippen LogP contribution in [-0.4, -0.2) is 12.0 Å². The number of nitro benzene ring substituents is 1. The Morgan fingerprint density at radius 1 is 0.808 bits per heavy atom. The minimum atomic E-state index is -0.449. The predicted molar refractivity (Wildman–Crippen MR) is 100.0 cm³/mol. The van der Waals surface area contributed by atoms with Crippen LogP contribution in [0.5, 0.6) is 5.75 Å². The highest BCUT2D eigenvalue weighted by Gasteiger charge is 2.03. The van der Waals surface area contributed by atoms with Gasteiger partial charge in [-0.3, -0.25) is 10.1 Å². The van der Waals surface area contributed by atoms with Gasteiger partial charge in [-0.15, -0.1) is 0 Å². The molecule has 0 spiro atoms.